The van der Waals surface area contributed by atoms with Crippen LogP contribution in [0.1, 0.15) is 26.7 Å². The maximum absolute atomic E-state index is 5.90. The van der Waals surface area contributed by atoms with Crippen molar-refractivity contribution in [3.63, 3.8) is 0 Å². The maximum Gasteiger partial charge on any atom is 0.234 e. The van der Waals surface area contributed by atoms with E-state index >= 15 is 0 Å². The second-order valence-electron chi connectivity index (χ2n) is 6.25. The molecule has 1 fully saturated rings. The molecule has 0 saturated carbocycles. The number of anilines is 2. The van der Waals surface area contributed by atoms with Crippen molar-refractivity contribution >= 4 is 29.1 Å². The molecule has 0 spiro atoms. The lowest BCUT2D eigenvalue weighted by Crippen LogP contribution is -2.34. The number of nitrogens with zero attached hydrogens (tertiary/aromatic N) is 3. The Morgan fingerprint density at radius 2 is 1.88 bits per heavy atom. The Balaban J connectivity index is 1.84. The van der Waals surface area contributed by atoms with Crippen LogP contribution in [0.25, 0.3) is 0 Å². The van der Waals surface area contributed by atoms with Crippen molar-refractivity contribution in [3.05, 3.63) is 36.4 Å². The van der Waals surface area contributed by atoms with Crippen LogP contribution in [0, 0.1) is 0 Å². The number of para-hydroxylation sites is 1. The molecule has 25 heavy (non-hydrogen) atoms. The molecule has 0 unspecified atom stereocenters. The van der Waals surface area contributed by atoms with E-state index in [2.05, 4.69) is 25.5 Å². The van der Waals surface area contributed by atoms with Gasteiger partial charge >= 0.3 is 0 Å². The summed E-state index contributed by atoms with van der Waals surface area (Å²) in [5.41, 5.74) is 0. The SMILES string of the molecule is CC(C)NC(=S)Nc1nc(Oc2ccccc2)cc(N2CCCC2)n1. The van der Waals surface area contributed by atoms with Gasteiger partial charge in [-0.1, -0.05) is 18.2 Å². The van der Waals surface area contributed by atoms with Crippen LogP contribution in [-0.4, -0.2) is 34.2 Å². The Morgan fingerprint density at radius 3 is 2.56 bits per heavy atom. The van der Waals surface area contributed by atoms with Crippen LogP contribution in [0.4, 0.5) is 11.8 Å². The summed E-state index contributed by atoms with van der Waals surface area (Å²) < 4.78 is 5.90. The Bertz CT molecular complexity index is 717. The van der Waals surface area contributed by atoms with Crippen LogP contribution in [0.2, 0.25) is 0 Å². The number of benzene rings is 1. The normalized spacial score (nSPS) is 13.8. The Kier molecular flexibility index (Phi) is 5.65. The van der Waals surface area contributed by atoms with E-state index in [-0.39, 0.29) is 6.04 Å². The van der Waals surface area contributed by atoms with E-state index in [0.29, 0.717) is 16.9 Å². The van der Waals surface area contributed by atoms with Crippen molar-refractivity contribution < 1.29 is 4.74 Å². The van der Waals surface area contributed by atoms with Crippen molar-refractivity contribution in [3.8, 4) is 11.6 Å². The standard InChI is InChI=1S/C18H23N5OS/c1-13(2)19-18(25)22-17-20-15(23-10-6-7-11-23)12-16(21-17)24-14-8-4-3-5-9-14/h3-5,8-9,12-13H,6-7,10-11H2,1-2H3,(H2,19,20,21,22,25). The van der Waals surface area contributed by atoms with Gasteiger partial charge in [0.25, 0.3) is 0 Å². The summed E-state index contributed by atoms with van der Waals surface area (Å²) in [5, 5.41) is 6.69. The summed E-state index contributed by atoms with van der Waals surface area (Å²) in [7, 11) is 0. The van der Waals surface area contributed by atoms with E-state index in [1.807, 2.05) is 50.2 Å². The van der Waals surface area contributed by atoms with Crippen molar-refractivity contribution in [1.82, 2.24) is 15.3 Å². The minimum absolute atomic E-state index is 0.238. The van der Waals surface area contributed by atoms with Gasteiger partial charge in [-0.15, -0.1) is 0 Å². The van der Waals surface area contributed by atoms with Gasteiger partial charge in [0.1, 0.15) is 11.6 Å². The molecule has 0 amide bonds. The minimum Gasteiger partial charge on any atom is -0.439 e. The predicted octanol–water partition coefficient (Wildman–Crippen LogP) is 3.56. The van der Waals surface area contributed by atoms with Gasteiger partial charge in [0.05, 0.1) is 0 Å². The lowest BCUT2D eigenvalue weighted by atomic mass is 10.3. The topological polar surface area (TPSA) is 62.3 Å². The Labute approximate surface area is 153 Å². The first kappa shape index (κ1) is 17.4. The first-order valence-electron chi connectivity index (χ1n) is 8.54. The second kappa shape index (κ2) is 8.11. The highest BCUT2D eigenvalue weighted by molar-refractivity contribution is 7.80. The molecule has 2 heterocycles. The molecule has 0 bridgehead atoms. The predicted molar refractivity (Wildman–Crippen MR) is 104 cm³/mol. The average molecular weight is 357 g/mol. The fraction of sp³-hybridized carbons (Fsp3) is 0.389. The van der Waals surface area contributed by atoms with E-state index in [9.17, 15) is 0 Å². The quantitative estimate of drug-likeness (QED) is 0.793. The highest BCUT2D eigenvalue weighted by atomic mass is 32.1. The molecule has 132 valence electrons. The third-order valence-corrected chi connectivity index (χ3v) is 3.95. The van der Waals surface area contributed by atoms with Crippen molar-refractivity contribution in [2.45, 2.75) is 32.7 Å². The number of hydrogen-bond acceptors (Lipinski definition) is 5. The van der Waals surface area contributed by atoms with Crippen LogP contribution >= 0.6 is 12.2 Å². The first-order chi connectivity index (χ1) is 12.1. The average Bonchev–Trinajstić information content (AvgIpc) is 3.09. The molecule has 1 aliphatic heterocycles. The molecule has 3 rings (SSSR count). The van der Waals surface area contributed by atoms with E-state index in [1.165, 1.54) is 12.8 Å². The number of hydrogen-bond donors (Lipinski definition) is 2. The number of nitrogens with one attached hydrogen (secondary N) is 2. The van der Waals surface area contributed by atoms with Crippen LogP contribution < -0.4 is 20.3 Å². The zero-order chi connectivity index (χ0) is 17.6. The molecule has 7 heteroatoms. The summed E-state index contributed by atoms with van der Waals surface area (Å²) >= 11 is 5.31. The molecule has 1 aromatic carbocycles. The largest absolute Gasteiger partial charge is 0.439 e. The van der Waals surface area contributed by atoms with Crippen LogP contribution in [-0.2, 0) is 0 Å². The van der Waals surface area contributed by atoms with Crippen LogP contribution in [0.5, 0.6) is 11.6 Å². The molecular weight excluding hydrogens is 334 g/mol. The van der Waals surface area contributed by atoms with Crippen molar-refractivity contribution in [2.75, 3.05) is 23.3 Å². The van der Waals surface area contributed by atoms with Crippen LogP contribution in [0.3, 0.4) is 0 Å². The summed E-state index contributed by atoms with van der Waals surface area (Å²) in [6, 6.07) is 11.7. The highest BCUT2D eigenvalue weighted by Crippen LogP contribution is 2.26. The number of rotatable bonds is 5. The lowest BCUT2D eigenvalue weighted by molar-refractivity contribution is 0.462. The highest BCUT2D eigenvalue weighted by Gasteiger charge is 2.17. The Morgan fingerprint density at radius 1 is 1.16 bits per heavy atom. The fourth-order valence-corrected chi connectivity index (χ4v) is 2.97. The number of aromatic nitrogens is 2. The fourth-order valence-electron chi connectivity index (χ4n) is 2.64. The molecule has 6 nitrogen and oxygen atoms in total. The molecular formula is C18H23N5OS. The molecule has 1 aromatic heterocycles. The maximum atomic E-state index is 5.90. The molecule has 1 saturated heterocycles. The van der Waals surface area contributed by atoms with E-state index in [1.54, 1.807) is 0 Å². The first-order valence-corrected chi connectivity index (χ1v) is 8.95. The van der Waals surface area contributed by atoms with Gasteiger partial charge in [0.2, 0.25) is 11.8 Å². The molecule has 1 aliphatic rings. The number of thiocarbonyl (C=S) groups is 1. The molecule has 0 atom stereocenters. The lowest BCUT2D eigenvalue weighted by Gasteiger charge is -2.19. The van der Waals surface area contributed by atoms with Gasteiger partial charge in [0, 0.05) is 25.2 Å². The van der Waals surface area contributed by atoms with E-state index in [0.717, 1.165) is 24.7 Å². The molecule has 0 radical (unpaired) electrons. The van der Waals surface area contributed by atoms with Crippen molar-refractivity contribution in [1.29, 1.82) is 0 Å². The Hall–Kier alpha value is -2.41. The van der Waals surface area contributed by atoms with E-state index < -0.39 is 0 Å². The van der Waals surface area contributed by atoms with Gasteiger partial charge in [0.15, 0.2) is 5.11 Å². The molecule has 2 aromatic rings. The summed E-state index contributed by atoms with van der Waals surface area (Å²) in [6.45, 7) is 6.05. The molecule has 2 N–H and O–H groups in total. The van der Waals surface area contributed by atoms with Gasteiger partial charge < -0.3 is 20.3 Å². The summed E-state index contributed by atoms with van der Waals surface area (Å²) in [4.78, 5) is 11.3. The smallest absolute Gasteiger partial charge is 0.234 e. The summed E-state index contributed by atoms with van der Waals surface area (Å²) in [5.74, 6) is 2.53. The molecule has 0 aliphatic carbocycles. The van der Waals surface area contributed by atoms with E-state index in [4.69, 9.17) is 17.0 Å². The van der Waals surface area contributed by atoms with Gasteiger partial charge in [-0.25, -0.2) is 0 Å². The third-order valence-electron chi connectivity index (χ3n) is 3.73. The van der Waals surface area contributed by atoms with Gasteiger partial charge in [-0.3, -0.25) is 0 Å². The zero-order valence-corrected chi connectivity index (χ0v) is 15.3. The monoisotopic (exact) mass is 357 g/mol. The third kappa shape index (κ3) is 5.03. The summed E-state index contributed by atoms with van der Waals surface area (Å²) in [6.07, 6.45) is 2.35. The zero-order valence-electron chi connectivity index (χ0n) is 14.5. The van der Waals surface area contributed by atoms with Crippen molar-refractivity contribution in [2.24, 2.45) is 0 Å². The van der Waals surface area contributed by atoms with Gasteiger partial charge in [-0.2, -0.15) is 9.97 Å². The van der Waals surface area contributed by atoms with Gasteiger partial charge in [-0.05, 0) is 51.0 Å². The second-order valence-corrected chi connectivity index (χ2v) is 6.66. The number of ether oxygens (including phenoxy) is 1. The van der Waals surface area contributed by atoms with Crippen LogP contribution in [0.15, 0.2) is 36.4 Å². The minimum atomic E-state index is 0.238.